The van der Waals surface area contributed by atoms with E-state index in [1.54, 1.807) is 31.4 Å². The molecule has 2 aromatic rings. The van der Waals surface area contributed by atoms with Crippen LogP contribution in [0.4, 0.5) is 5.69 Å². The number of rotatable bonds is 5. The van der Waals surface area contributed by atoms with Crippen LogP contribution in [-0.4, -0.2) is 25.6 Å². The number of benzene rings is 2. The van der Waals surface area contributed by atoms with Crippen molar-refractivity contribution in [3.8, 4) is 5.75 Å². The van der Waals surface area contributed by atoms with Gasteiger partial charge in [0.15, 0.2) is 6.61 Å². The maximum Gasteiger partial charge on any atom is 0.338 e. The summed E-state index contributed by atoms with van der Waals surface area (Å²) in [4.78, 5) is 24.8. The van der Waals surface area contributed by atoms with Gasteiger partial charge in [0.05, 0.1) is 12.7 Å². The number of hydrogen-bond donors (Lipinski definition) is 1. The van der Waals surface area contributed by atoms with Crippen molar-refractivity contribution >= 4 is 17.6 Å². The number of esters is 1. The third-order valence-electron chi connectivity index (χ3n) is 4.59. The molecule has 0 unspecified atom stereocenters. The Morgan fingerprint density at radius 3 is 2.00 bits per heavy atom. The van der Waals surface area contributed by atoms with Crippen LogP contribution in [0.2, 0.25) is 0 Å². The Morgan fingerprint density at radius 1 is 0.897 bits per heavy atom. The van der Waals surface area contributed by atoms with Crippen LogP contribution in [0.5, 0.6) is 5.75 Å². The zero-order chi connectivity index (χ0) is 21.8. The molecule has 0 aliphatic carbocycles. The third kappa shape index (κ3) is 6.34. The SMILES string of the molecule is COc1cccc(NC(=O)COC(=O)c2cc(C(C)(C)C)cc(C(C)(C)C)c2)c1. The van der Waals surface area contributed by atoms with Crippen molar-refractivity contribution in [1.29, 1.82) is 0 Å². The molecule has 0 aromatic heterocycles. The summed E-state index contributed by atoms with van der Waals surface area (Å²) in [5, 5.41) is 2.70. The predicted octanol–water partition coefficient (Wildman–Crippen LogP) is 5.09. The molecule has 1 amide bonds. The van der Waals surface area contributed by atoms with Crippen molar-refractivity contribution in [2.45, 2.75) is 52.4 Å². The first-order valence-corrected chi connectivity index (χ1v) is 9.67. The molecular weight excluding hydrogens is 366 g/mol. The second-order valence-electron chi connectivity index (χ2n) is 9.16. The van der Waals surface area contributed by atoms with E-state index in [4.69, 9.17) is 9.47 Å². The van der Waals surface area contributed by atoms with Crippen molar-refractivity contribution in [2.75, 3.05) is 19.0 Å². The van der Waals surface area contributed by atoms with Gasteiger partial charge in [-0.05, 0) is 46.2 Å². The highest BCUT2D eigenvalue weighted by molar-refractivity contribution is 5.95. The van der Waals surface area contributed by atoms with Gasteiger partial charge in [0.25, 0.3) is 5.91 Å². The average molecular weight is 398 g/mol. The summed E-state index contributed by atoms with van der Waals surface area (Å²) in [6.45, 7) is 12.3. The van der Waals surface area contributed by atoms with Crippen LogP contribution in [0.3, 0.4) is 0 Å². The summed E-state index contributed by atoms with van der Waals surface area (Å²) in [5.41, 5.74) is 2.92. The Labute approximate surface area is 173 Å². The highest BCUT2D eigenvalue weighted by Gasteiger charge is 2.23. The van der Waals surface area contributed by atoms with Crippen molar-refractivity contribution < 1.29 is 19.1 Å². The molecule has 5 nitrogen and oxygen atoms in total. The smallest absolute Gasteiger partial charge is 0.338 e. The molecular formula is C24H31NO4. The maximum absolute atomic E-state index is 12.6. The van der Waals surface area contributed by atoms with E-state index < -0.39 is 11.9 Å². The number of amides is 1. The fourth-order valence-corrected chi connectivity index (χ4v) is 2.72. The lowest BCUT2D eigenvalue weighted by atomic mass is 9.79. The Bertz CT molecular complexity index is 856. The van der Waals surface area contributed by atoms with Gasteiger partial charge in [-0.1, -0.05) is 53.7 Å². The number of nitrogens with one attached hydrogen (secondary N) is 1. The molecule has 0 fully saturated rings. The molecule has 0 heterocycles. The minimum absolute atomic E-state index is 0.111. The molecule has 0 saturated heterocycles. The first-order chi connectivity index (χ1) is 13.4. The predicted molar refractivity (Wildman–Crippen MR) is 116 cm³/mol. The lowest BCUT2D eigenvalue weighted by Crippen LogP contribution is -2.22. The number of carbonyl (C=O) groups is 2. The first kappa shape index (κ1) is 22.5. The lowest BCUT2D eigenvalue weighted by Gasteiger charge is -2.25. The molecule has 1 N–H and O–H groups in total. The highest BCUT2D eigenvalue weighted by Crippen LogP contribution is 2.30. The molecule has 0 saturated carbocycles. The van der Waals surface area contributed by atoms with Gasteiger partial charge < -0.3 is 14.8 Å². The highest BCUT2D eigenvalue weighted by atomic mass is 16.5. The molecule has 156 valence electrons. The normalized spacial score (nSPS) is 11.7. The fourth-order valence-electron chi connectivity index (χ4n) is 2.72. The molecule has 0 radical (unpaired) electrons. The quantitative estimate of drug-likeness (QED) is 0.714. The van der Waals surface area contributed by atoms with Gasteiger partial charge in [-0.25, -0.2) is 4.79 Å². The van der Waals surface area contributed by atoms with Gasteiger partial charge in [0.1, 0.15) is 5.75 Å². The van der Waals surface area contributed by atoms with Crippen molar-refractivity contribution in [3.63, 3.8) is 0 Å². The topological polar surface area (TPSA) is 64.6 Å². The van der Waals surface area contributed by atoms with Crippen LogP contribution in [0.1, 0.15) is 63.0 Å². The molecule has 0 aliphatic rings. The number of anilines is 1. The minimum Gasteiger partial charge on any atom is -0.497 e. The summed E-state index contributed by atoms with van der Waals surface area (Å²) in [7, 11) is 1.56. The van der Waals surface area contributed by atoms with Crippen LogP contribution in [0.15, 0.2) is 42.5 Å². The zero-order valence-electron chi connectivity index (χ0n) is 18.4. The van der Waals surface area contributed by atoms with E-state index >= 15 is 0 Å². The van der Waals surface area contributed by atoms with Crippen molar-refractivity contribution in [3.05, 3.63) is 59.2 Å². The molecule has 0 bridgehead atoms. The minimum atomic E-state index is -0.512. The Hall–Kier alpha value is -2.82. The van der Waals surface area contributed by atoms with E-state index in [0.717, 1.165) is 11.1 Å². The van der Waals surface area contributed by atoms with Crippen LogP contribution < -0.4 is 10.1 Å². The Balaban J connectivity index is 2.12. The average Bonchev–Trinajstić information content (AvgIpc) is 2.64. The number of carbonyl (C=O) groups excluding carboxylic acids is 2. The zero-order valence-corrected chi connectivity index (χ0v) is 18.4. The molecule has 0 atom stereocenters. The molecule has 29 heavy (non-hydrogen) atoms. The maximum atomic E-state index is 12.6. The summed E-state index contributed by atoms with van der Waals surface area (Å²) in [6.07, 6.45) is 0. The molecule has 5 heteroatoms. The lowest BCUT2D eigenvalue weighted by molar-refractivity contribution is -0.119. The summed E-state index contributed by atoms with van der Waals surface area (Å²) >= 11 is 0. The third-order valence-corrected chi connectivity index (χ3v) is 4.59. The number of ether oxygens (including phenoxy) is 2. The van der Waals surface area contributed by atoms with Gasteiger partial charge in [0.2, 0.25) is 0 Å². The van der Waals surface area contributed by atoms with Crippen molar-refractivity contribution in [2.24, 2.45) is 0 Å². The van der Waals surface area contributed by atoms with Gasteiger partial charge in [-0.15, -0.1) is 0 Å². The van der Waals surface area contributed by atoms with Gasteiger partial charge in [0, 0.05) is 11.8 Å². The van der Waals surface area contributed by atoms with Crippen LogP contribution in [-0.2, 0) is 20.4 Å². The van der Waals surface area contributed by atoms with E-state index in [2.05, 4.69) is 52.9 Å². The fraction of sp³-hybridized carbons (Fsp3) is 0.417. The van der Waals surface area contributed by atoms with Crippen LogP contribution in [0.25, 0.3) is 0 Å². The molecule has 2 rings (SSSR count). The standard InChI is InChI=1S/C24H31NO4/c1-23(2,3)17-11-16(12-18(13-17)24(4,5)6)22(27)29-15-21(26)25-19-9-8-10-20(14-19)28-7/h8-14H,15H2,1-7H3,(H,25,26). The van der Waals surface area contributed by atoms with Gasteiger partial charge in [-0.2, -0.15) is 0 Å². The second kappa shape index (κ2) is 8.68. The van der Waals surface area contributed by atoms with E-state index in [0.29, 0.717) is 17.0 Å². The second-order valence-corrected chi connectivity index (χ2v) is 9.16. The van der Waals surface area contributed by atoms with E-state index in [-0.39, 0.29) is 17.4 Å². The van der Waals surface area contributed by atoms with Crippen LogP contribution >= 0.6 is 0 Å². The summed E-state index contributed by atoms with van der Waals surface area (Å²) in [6, 6.07) is 12.8. The number of hydrogen-bond acceptors (Lipinski definition) is 4. The monoisotopic (exact) mass is 397 g/mol. The largest absolute Gasteiger partial charge is 0.497 e. The van der Waals surface area contributed by atoms with Gasteiger partial charge >= 0.3 is 5.97 Å². The van der Waals surface area contributed by atoms with E-state index in [1.165, 1.54) is 0 Å². The molecule has 0 spiro atoms. The Morgan fingerprint density at radius 2 is 1.48 bits per heavy atom. The first-order valence-electron chi connectivity index (χ1n) is 9.67. The van der Waals surface area contributed by atoms with Crippen molar-refractivity contribution in [1.82, 2.24) is 0 Å². The molecule has 0 aliphatic heterocycles. The summed E-state index contributed by atoms with van der Waals surface area (Å²) in [5.74, 6) is -0.287. The van der Waals surface area contributed by atoms with Crippen LogP contribution in [0, 0.1) is 0 Å². The van der Waals surface area contributed by atoms with E-state index in [1.807, 2.05) is 12.1 Å². The summed E-state index contributed by atoms with van der Waals surface area (Å²) < 4.78 is 10.4. The van der Waals surface area contributed by atoms with Gasteiger partial charge in [-0.3, -0.25) is 4.79 Å². The number of methoxy groups -OCH3 is 1. The molecule has 2 aromatic carbocycles. The Kier molecular flexibility index (Phi) is 6.73. The van der Waals surface area contributed by atoms with E-state index in [9.17, 15) is 9.59 Å².